The molecule has 0 radical (unpaired) electrons. The van der Waals surface area contributed by atoms with Crippen LogP contribution in [0.25, 0.3) is 0 Å². The van der Waals surface area contributed by atoms with Crippen LogP contribution >= 0.6 is 0 Å². The third-order valence-electron chi connectivity index (χ3n) is 2.07. The molecule has 0 aliphatic heterocycles. The van der Waals surface area contributed by atoms with E-state index in [0.29, 0.717) is 0 Å². The molecule has 0 amide bonds. The minimum atomic E-state index is -1.06. The second-order valence-electron chi connectivity index (χ2n) is 2.81. The predicted molar refractivity (Wildman–Crippen MR) is 37.0 cm³/mol. The van der Waals surface area contributed by atoms with E-state index < -0.39 is 7.12 Å². The van der Waals surface area contributed by atoms with Crippen LogP contribution in [0.5, 0.6) is 0 Å². The van der Waals surface area contributed by atoms with Crippen LogP contribution in [0.3, 0.4) is 0 Å². The summed E-state index contributed by atoms with van der Waals surface area (Å²) in [5.41, 5.74) is 0. The fraction of sp³-hybridized carbons (Fsp3) is 1.00. The SMILES string of the molecule is OB(O)C1CCCCC1. The molecule has 0 spiro atoms. The Kier molecular flexibility index (Phi) is 2.55. The monoisotopic (exact) mass is 128 g/mol. The highest BCUT2D eigenvalue weighted by Crippen LogP contribution is 2.29. The molecule has 2 nitrogen and oxygen atoms in total. The van der Waals surface area contributed by atoms with Crippen LogP contribution in [0.15, 0.2) is 0 Å². The molecule has 0 atom stereocenters. The Bertz CT molecular complexity index is 79.1. The van der Waals surface area contributed by atoms with E-state index in [2.05, 4.69) is 0 Å². The lowest BCUT2D eigenvalue weighted by Gasteiger charge is -2.19. The van der Waals surface area contributed by atoms with Gasteiger partial charge in [-0.1, -0.05) is 32.1 Å². The van der Waals surface area contributed by atoms with E-state index in [1.807, 2.05) is 0 Å². The summed E-state index contributed by atoms with van der Waals surface area (Å²) >= 11 is 0. The highest BCUT2D eigenvalue weighted by Gasteiger charge is 2.24. The molecule has 1 aliphatic rings. The third-order valence-corrected chi connectivity index (χ3v) is 2.07. The van der Waals surface area contributed by atoms with E-state index >= 15 is 0 Å². The smallest absolute Gasteiger partial charge is 0.427 e. The Hall–Kier alpha value is -0.0151. The molecule has 0 aromatic carbocycles. The normalized spacial score (nSPS) is 22.0. The quantitative estimate of drug-likeness (QED) is 0.512. The van der Waals surface area contributed by atoms with Crippen LogP contribution < -0.4 is 0 Å². The van der Waals surface area contributed by atoms with Gasteiger partial charge in [-0.2, -0.15) is 0 Å². The van der Waals surface area contributed by atoms with Crippen molar-refractivity contribution in [1.29, 1.82) is 0 Å². The Morgan fingerprint density at radius 1 is 1.00 bits per heavy atom. The van der Waals surface area contributed by atoms with Crippen molar-refractivity contribution in [1.82, 2.24) is 0 Å². The van der Waals surface area contributed by atoms with Gasteiger partial charge in [0.2, 0.25) is 0 Å². The van der Waals surface area contributed by atoms with Crippen LogP contribution in [0.4, 0.5) is 0 Å². The summed E-state index contributed by atoms with van der Waals surface area (Å²) in [4.78, 5) is 0. The molecule has 0 saturated heterocycles. The maximum Gasteiger partial charge on any atom is 0.454 e. The van der Waals surface area contributed by atoms with Crippen molar-refractivity contribution in [2.75, 3.05) is 0 Å². The highest BCUT2D eigenvalue weighted by atomic mass is 16.4. The summed E-state index contributed by atoms with van der Waals surface area (Å²) in [5.74, 6) is 0.166. The van der Waals surface area contributed by atoms with Crippen molar-refractivity contribution in [3.8, 4) is 0 Å². The van der Waals surface area contributed by atoms with Gasteiger partial charge in [0.25, 0.3) is 0 Å². The average molecular weight is 128 g/mol. The zero-order valence-corrected chi connectivity index (χ0v) is 5.58. The van der Waals surface area contributed by atoms with E-state index in [1.54, 1.807) is 0 Å². The van der Waals surface area contributed by atoms with Crippen molar-refractivity contribution in [2.45, 2.75) is 37.9 Å². The molecular formula is C6H13BO2. The maximum absolute atomic E-state index is 8.73. The van der Waals surface area contributed by atoms with Crippen molar-refractivity contribution in [3.63, 3.8) is 0 Å². The molecule has 1 rings (SSSR count). The van der Waals surface area contributed by atoms with Gasteiger partial charge in [-0.15, -0.1) is 0 Å². The molecule has 3 heteroatoms. The molecule has 0 unspecified atom stereocenters. The largest absolute Gasteiger partial charge is 0.454 e. The van der Waals surface area contributed by atoms with E-state index in [0.717, 1.165) is 12.8 Å². The molecule has 52 valence electrons. The summed E-state index contributed by atoms with van der Waals surface area (Å²) in [6.07, 6.45) is 5.60. The lowest BCUT2D eigenvalue weighted by atomic mass is 9.65. The molecule has 1 fully saturated rings. The van der Waals surface area contributed by atoms with Gasteiger partial charge in [0, 0.05) is 0 Å². The third kappa shape index (κ3) is 1.99. The first kappa shape index (κ1) is 7.10. The summed E-state index contributed by atoms with van der Waals surface area (Å²) in [5, 5.41) is 17.5. The zero-order valence-electron chi connectivity index (χ0n) is 5.58. The van der Waals surface area contributed by atoms with Gasteiger partial charge in [-0.3, -0.25) is 0 Å². The Morgan fingerprint density at radius 2 is 1.56 bits per heavy atom. The number of hydrogen-bond acceptors (Lipinski definition) is 2. The first-order chi connectivity index (χ1) is 4.30. The fourth-order valence-electron chi connectivity index (χ4n) is 1.43. The summed E-state index contributed by atoms with van der Waals surface area (Å²) in [6, 6.07) is 0. The zero-order chi connectivity index (χ0) is 6.69. The van der Waals surface area contributed by atoms with Gasteiger partial charge in [0.1, 0.15) is 0 Å². The molecule has 0 heterocycles. The van der Waals surface area contributed by atoms with Crippen molar-refractivity contribution in [3.05, 3.63) is 0 Å². The maximum atomic E-state index is 8.73. The molecule has 1 aliphatic carbocycles. The Labute approximate surface area is 56.0 Å². The lowest BCUT2D eigenvalue weighted by Crippen LogP contribution is -2.22. The molecular weight excluding hydrogens is 115 g/mol. The molecule has 9 heavy (non-hydrogen) atoms. The van der Waals surface area contributed by atoms with Gasteiger partial charge in [0.05, 0.1) is 0 Å². The molecule has 0 bridgehead atoms. The van der Waals surface area contributed by atoms with Crippen molar-refractivity contribution in [2.24, 2.45) is 0 Å². The van der Waals surface area contributed by atoms with E-state index in [1.165, 1.54) is 19.3 Å². The van der Waals surface area contributed by atoms with Crippen LogP contribution in [0.1, 0.15) is 32.1 Å². The van der Waals surface area contributed by atoms with Gasteiger partial charge >= 0.3 is 7.12 Å². The van der Waals surface area contributed by atoms with Gasteiger partial charge in [0.15, 0.2) is 0 Å². The topological polar surface area (TPSA) is 40.5 Å². The van der Waals surface area contributed by atoms with Crippen molar-refractivity contribution < 1.29 is 10.0 Å². The van der Waals surface area contributed by atoms with Gasteiger partial charge in [-0.25, -0.2) is 0 Å². The molecule has 0 aromatic rings. The Morgan fingerprint density at radius 3 is 1.89 bits per heavy atom. The average Bonchev–Trinajstić information content (AvgIpc) is 1.90. The van der Waals surface area contributed by atoms with Crippen LogP contribution in [-0.4, -0.2) is 17.2 Å². The number of hydrogen-bond donors (Lipinski definition) is 2. The van der Waals surface area contributed by atoms with Gasteiger partial charge in [-0.05, 0) is 5.82 Å². The fourth-order valence-corrected chi connectivity index (χ4v) is 1.43. The summed E-state index contributed by atoms with van der Waals surface area (Å²) in [7, 11) is -1.06. The molecule has 0 aromatic heterocycles. The summed E-state index contributed by atoms with van der Waals surface area (Å²) < 4.78 is 0. The van der Waals surface area contributed by atoms with Crippen LogP contribution in [0, 0.1) is 0 Å². The van der Waals surface area contributed by atoms with E-state index in [4.69, 9.17) is 10.0 Å². The second-order valence-corrected chi connectivity index (χ2v) is 2.81. The first-order valence-electron chi connectivity index (χ1n) is 3.67. The van der Waals surface area contributed by atoms with Crippen molar-refractivity contribution >= 4 is 7.12 Å². The van der Waals surface area contributed by atoms with Crippen LogP contribution in [-0.2, 0) is 0 Å². The molecule has 2 N–H and O–H groups in total. The number of rotatable bonds is 1. The minimum absolute atomic E-state index is 0.166. The highest BCUT2D eigenvalue weighted by molar-refractivity contribution is 6.43. The lowest BCUT2D eigenvalue weighted by molar-refractivity contribution is 0.351. The summed E-state index contributed by atoms with van der Waals surface area (Å²) in [6.45, 7) is 0. The Balaban J connectivity index is 2.23. The van der Waals surface area contributed by atoms with Crippen LogP contribution in [0.2, 0.25) is 5.82 Å². The predicted octanol–water partition coefficient (Wildman–Crippen LogP) is 0.793. The second kappa shape index (κ2) is 3.23. The standard InChI is InChI=1S/C6H13BO2/c8-7(9)6-4-2-1-3-5-6/h6,8-9H,1-5H2. The van der Waals surface area contributed by atoms with E-state index in [-0.39, 0.29) is 5.82 Å². The first-order valence-corrected chi connectivity index (χ1v) is 3.67. The van der Waals surface area contributed by atoms with E-state index in [9.17, 15) is 0 Å². The van der Waals surface area contributed by atoms with Gasteiger partial charge < -0.3 is 10.0 Å². The minimum Gasteiger partial charge on any atom is -0.427 e. The molecule has 1 saturated carbocycles.